The lowest BCUT2D eigenvalue weighted by Gasteiger charge is -2.28. The predicted octanol–water partition coefficient (Wildman–Crippen LogP) is 2.63. The summed E-state index contributed by atoms with van der Waals surface area (Å²) in [6, 6.07) is 6.67. The third kappa shape index (κ3) is 5.25. The number of carbonyl (C=O) groups is 1. The highest BCUT2D eigenvalue weighted by Crippen LogP contribution is 2.35. The number of sulfonamides is 1. The van der Waals surface area contributed by atoms with Crippen LogP contribution in [-0.4, -0.2) is 44.6 Å². The van der Waals surface area contributed by atoms with Crippen LogP contribution < -0.4 is 10.3 Å². The number of nitrogens with zero attached hydrogens (tertiary/aromatic N) is 1. The molecular weight excluding hydrogens is 390 g/mol. The predicted molar refractivity (Wildman–Crippen MR) is 111 cm³/mol. The van der Waals surface area contributed by atoms with E-state index in [2.05, 4.69) is 10.3 Å². The van der Waals surface area contributed by atoms with E-state index in [-0.39, 0.29) is 16.9 Å². The lowest BCUT2D eigenvalue weighted by Crippen LogP contribution is -2.53. The van der Waals surface area contributed by atoms with E-state index in [1.54, 1.807) is 29.2 Å². The van der Waals surface area contributed by atoms with E-state index in [1.807, 2.05) is 20.8 Å². The zero-order valence-electron chi connectivity index (χ0n) is 17.4. The number of hydrogen-bond donors (Lipinski definition) is 2. The van der Waals surface area contributed by atoms with Crippen LogP contribution in [0.4, 0.5) is 0 Å². The summed E-state index contributed by atoms with van der Waals surface area (Å²) < 4.78 is 30.9. The standard InChI is InChI=1S/C21H31N3O4S/c1-15(2)28-14-6-13-24-20(18-7-4-5-8-19(18)21(24)25)22-23-29(26,27)17-11-9-16(3)10-12-17/h9-12,15,20,22-23H,4-8,13-14H2,1-3H3. The fraction of sp³-hybridized carbons (Fsp3) is 0.571. The largest absolute Gasteiger partial charge is 0.379 e. The molecule has 1 amide bonds. The summed E-state index contributed by atoms with van der Waals surface area (Å²) >= 11 is 0. The molecule has 1 unspecified atom stereocenters. The van der Waals surface area contributed by atoms with Crippen LogP contribution in [0.3, 0.4) is 0 Å². The highest BCUT2D eigenvalue weighted by atomic mass is 32.2. The van der Waals surface area contributed by atoms with Gasteiger partial charge in [-0.2, -0.15) is 0 Å². The van der Waals surface area contributed by atoms with Crippen LogP contribution in [0.15, 0.2) is 40.3 Å². The van der Waals surface area contributed by atoms with Gasteiger partial charge in [0.05, 0.1) is 11.0 Å². The normalized spacial score (nSPS) is 19.9. The summed E-state index contributed by atoms with van der Waals surface area (Å²) in [4.78, 5) is 17.3. The van der Waals surface area contributed by atoms with Crippen LogP contribution >= 0.6 is 0 Å². The van der Waals surface area contributed by atoms with E-state index in [0.29, 0.717) is 19.6 Å². The molecule has 2 aliphatic rings. The third-order valence-corrected chi connectivity index (χ3v) is 6.61. The van der Waals surface area contributed by atoms with Crippen molar-refractivity contribution in [2.24, 2.45) is 0 Å². The van der Waals surface area contributed by atoms with Crippen molar-refractivity contribution >= 4 is 15.9 Å². The Kier molecular flexibility index (Phi) is 7.10. The molecule has 0 saturated heterocycles. The molecule has 0 bridgehead atoms. The van der Waals surface area contributed by atoms with Gasteiger partial charge in [0, 0.05) is 18.7 Å². The second-order valence-electron chi connectivity index (χ2n) is 7.95. The molecule has 1 aliphatic carbocycles. The molecule has 1 aromatic rings. The van der Waals surface area contributed by atoms with Crippen molar-refractivity contribution in [1.82, 2.24) is 15.2 Å². The molecule has 1 aliphatic heterocycles. The van der Waals surface area contributed by atoms with Gasteiger partial charge in [-0.15, -0.1) is 4.83 Å². The fourth-order valence-corrected chi connectivity index (χ4v) is 4.69. The number of carbonyl (C=O) groups excluding carboxylic acids is 1. The number of amides is 1. The Hall–Kier alpha value is -1.74. The summed E-state index contributed by atoms with van der Waals surface area (Å²) in [5.74, 6) is 0.0104. The van der Waals surface area contributed by atoms with Crippen molar-refractivity contribution in [1.29, 1.82) is 0 Å². The van der Waals surface area contributed by atoms with Gasteiger partial charge in [-0.3, -0.25) is 4.79 Å². The van der Waals surface area contributed by atoms with Gasteiger partial charge in [-0.25, -0.2) is 13.8 Å². The maximum Gasteiger partial charge on any atom is 0.253 e. The third-order valence-electron chi connectivity index (χ3n) is 5.33. The van der Waals surface area contributed by atoms with Gasteiger partial charge >= 0.3 is 0 Å². The highest BCUT2D eigenvalue weighted by Gasteiger charge is 2.39. The monoisotopic (exact) mass is 421 g/mol. The maximum atomic E-state index is 12.9. The molecule has 0 saturated carbocycles. The summed E-state index contributed by atoms with van der Waals surface area (Å²) in [6.07, 6.45) is 3.98. The molecule has 29 heavy (non-hydrogen) atoms. The highest BCUT2D eigenvalue weighted by molar-refractivity contribution is 7.89. The zero-order chi connectivity index (χ0) is 21.0. The van der Waals surface area contributed by atoms with Gasteiger partial charge in [0.2, 0.25) is 0 Å². The van der Waals surface area contributed by atoms with E-state index in [9.17, 15) is 13.2 Å². The molecule has 2 N–H and O–H groups in total. The summed E-state index contributed by atoms with van der Waals surface area (Å²) in [5.41, 5.74) is 5.78. The number of nitrogens with one attached hydrogen (secondary N) is 2. The smallest absolute Gasteiger partial charge is 0.253 e. The van der Waals surface area contributed by atoms with Crippen molar-refractivity contribution < 1.29 is 17.9 Å². The first-order valence-electron chi connectivity index (χ1n) is 10.3. The lowest BCUT2D eigenvalue weighted by atomic mass is 9.92. The molecule has 0 fully saturated rings. The zero-order valence-corrected chi connectivity index (χ0v) is 18.2. The molecule has 1 aromatic carbocycles. The van der Waals surface area contributed by atoms with Gasteiger partial charge in [0.1, 0.15) is 6.17 Å². The number of benzene rings is 1. The minimum atomic E-state index is -3.73. The number of hydrogen-bond acceptors (Lipinski definition) is 5. The van der Waals surface area contributed by atoms with Crippen molar-refractivity contribution in [3.63, 3.8) is 0 Å². The minimum Gasteiger partial charge on any atom is -0.379 e. The van der Waals surface area contributed by atoms with E-state index in [4.69, 9.17) is 4.74 Å². The average Bonchev–Trinajstić information content (AvgIpc) is 2.95. The Morgan fingerprint density at radius 2 is 1.86 bits per heavy atom. The van der Waals surface area contributed by atoms with Gasteiger partial charge in [0.25, 0.3) is 15.9 Å². The van der Waals surface area contributed by atoms with Crippen molar-refractivity contribution in [3.05, 3.63) is 41.0 Å². The number of rotatable bonds is 9. The topological polar surface area (TPSA) is 87.7 Å². The average molecular weight is 422 g/mol. The van der Waals surface area contributed by atoms with Gasteiger partial charge in [-0.1, -0.05) is 17.7 Å². The van der Waals surface area contributed by atoms with E-state index < -0.39 is 16.2 Å². The molecule has 3 rings (SSSR count). The van der Waals surface area contributed by atoms with Crippen LogP contribution in [0.1, 0.15) is 51.5 Å². The van der Waals surface area contributed by atoms with Crippen LogP contribution in [-0.2, 0) is 19.6 Å². The number of ether oxygens (including phenoxy) is 1. The van der Waals surface area contributed by atoms with Crippen LogP contribution in [0, 0.1) is 6.92 Å². The second kappa shape index (κ2) is 9.38. The molecule has 7 nitrogen and oxygen atoms in total. The summed E-state index contributed by atoms with van der Waals surface area (Å²) in [7, 11) is -3.73. The lowest BCUT2D eigenvalue weighted by molar-refractivity contribution is -0.128. The molecular formula is C21H31N3O4S. The summed E-state index contributed by atoms with van der Waals surface area (Å²) in [5, 5.41) is 0. The summed E-state index contributed by atoms with van der Waals surface area (Å²) in [6.45, 7) is 6.94. The molecule has 0 spiro atoms. The van der Waals surface area contributed by atoms with E-state index in [1.165, 1.54) is 0 Å². The minimum absolute atomic E-state index is 0.0104. The number of aryl methyl sites for hydroxylation is 1. The van der Waals surface area contributed by atoms with Crippen LogP contribution in [0.5, 0.6) is 0 Å². The van der Waals surface area contributed by atoms with Gasteiger partial charge < -0.3 is 9.64 Å². The maximum absolute atomic E-state index is 12.9. The SMILES string of the molecule is Cc1ccc(S(=O)(=O)NNC2C3=C(CCCC3)C(=O)N2CCCOC(C)C)cc1. The fourth-order valence-electron chi connectivity index (χ4n) is 3.81. The van der Waals surface area contributed by atoms with Crippen molar-refractivity contribution in [2.45, 2.75) is 70.0 Å². The second-order valence-corrected chi connectivity index (χ2v) is 9.63. The molecule has 8 heteroatoms. The molecule has 0 aromatic heterocycles. The first-order chi connectivity index (χ1) is 13.8. The number of hydrazine groups is 1. The van der Waals surface area contributed by atoms with E-state index >= 15 is 0 Å². The molecule has 1 heterocycles. The molecule has 0 radical (unpaired) electrons. The van der Waals surface area contributed by atoms with Gasteiger partial charge in [0.15, 0.2) is 0 Å². The Bertz CT molecular complexity index is 862. The Morgan fingerprint density at radius 3 is 2.55 bits per heavy atom. The van der Waals surface area contributed by atoms with Crippen molar-refractivity contribution in [3.8, 4) is 0 Å². The van der Waals surface area contributed by atoms with Crippen molar-refractivity contribution in [2.75, 3.05) is 13.2 Å². The molecule has 160 valence electrons. The first kappa shape index (κ1) is 22.0. The Labute approximate surface area is 173 Å². The van der Waals surface area contributed by atoms with Gasteiger partial charge in [-0.05, 0) is 70.6 Å². The Morgan fingerprint density at radius 1 is 1.17 bits per heavy atom. The Balaban J connectivity index is 1.71. The molecule has 1 atom stereocenters. The van der Waals surface area contributed by atoms with Crippen LogP contribution in [0.2, 0.25) is 0 Å². The first-order valence-corrected chi connectivity index (χ1v) is 11.8. The quantitative estimate of drug-likeness (QED) is 0.473. The van der Waals surface area contributed by atoms with Crippen LogP contribution in [0.25, 0.3) is 0 Å². The van der Waals surface area contributed by atoms with E-state index in [0.717, 1.165) is 42.4 Å².